The van der Waals surface area contributed by atoms with Crippen LogP contribution < -0.4 is 0 Å². The van der Waals surface area contributed by atoms with Crippen LogP contribution in [0.15, 0.2) is 158 Å². The zero-order valence-electron chi connectivity index (χ0n) is 47.0. The lowest BCUT2D eigenvalue weighted by Gasteiger charge is -2.24. The van der Waals surface area contributed by atoms with Gasteiger partial charge in [-0.1, -0.05) is 217 Å². The van der Waals surface area contributed by atoms with E-state index in [1.54, 1.807) is 0 Å². The molecule has 1 N–H and O–H groups in total. The molecule has 2 unspecified atom stereocenters. The standard InChI is InChI=1S/C64H102NO8P/c1-6-8-10-12-14-16-18-20-22-24-26-27-28-29-30-31-32-33-34-35-36-37-39-41-43-45-47-49-51-53-55-57-64(67)73-62(61-72-74(68,69)71-59-58-65(3,4)5)60-70-63(66)56-54-52-50-48-46-44-42-40-38-25-23-21-19-17-15-13-11-9-7-2/h8-11,14-17,20-23,26-27,29-30,32-33,35-36,38,40,44,46,50,52,62H,6-7,12-13,18-19,24-25,28,31,34,37,39,41-43,45,47-49,51,53-61H2,1-5H3/p+1/b10-8-,11-9-,16-14-,17-15-,22-20-,23-21-,27-26-,30-29-,33-32-,36-35-,40-38-,46-44-,52-50-. The number of carbonyl (C=O) groups is 2. The number of allylic oxidation sites excluding steroid dienone is 26. The fourth-order valence-electron chi connectivity index (χ4n) is 6.78. The van der Waals surface area contributed by atoms with Gasteiger partial charge in [-0.05, 0) is 109 Å². The molecule has 0 aliphatic heterocycles. The first-order chi connectivity index (χ1) is 36.0. The van der Waals surface area contributed by atoms with E-state index >= 15 is 0 Å². The van der Waals surface area contributed by atoms with Crippen molar-refractivity contribution in [1.29, 1.82) is 0 Å². The molecule has 0 saturated heterocycles. The molecule has 0 aliphatic rings. The van der Waals surface area contributed by atoms with E-state index in [4.69, 9.17) is 18.5 Å². The van der Waals surface area contributed by atoms with Gasteiger partial charge in [0.2, 0.25) is 0 Å². The zero-order valence-corrected chi connectivity index (χ0v) is 47.9. The number of quaternary nitrogens is 1. The molecule has 0 aromatic heterocycles. The van der Waals surface area contributed by atoms with Gasteiger partial charge in [-0.15, -0.1) is 0 Å². The molecule has 0 amide bonds. The van der Waals surface area contributed by atoms with Crippen molar-refractivity contribution in [2.24, 2.45) is 0 Å². The highest BCUT2D eigenvalue weighted by Crippen LogP contribution is 2.43. The number of hydrogen-bond acceptors (Lipinski definition) is 7. The van der Waals surface area contributed by atoms with E-state index in [9.17, 15) is 19.0 Å². The van der Waals surface area contributed by atoms with Crippen molar-refractivity contribution in [1.82, 2.24) is 0 Å². The van der Waals surface area contributed by atoms with Crippen molar-refractivity contribution < 1.29 is 42.1 Å². The normalized spacial score (nSPS) is 14.5. The summed E-state index contributed by atoms with van der Waals surface area (Å²) in [7, 11) is 1.41. The SMILES string of the molecule is CC/C=C\C/C=C\C/C=C\C/C=C\C/C=C\C/C=C\C/C=C\CCCCCCCCCCCC(=O)OC(COC(=O)CC/C=C\C/C=C\C/C=C\C/C=C\C/C=C\C/C=C\CC)COP(=O)(O)OCC[N+](C)(C)C. The maximum absolute atomic E-state index is 12.8. The summed E-state index contributed by atoms with van der Waals surface area (Å²) in [4.78, 5) is 35.6. The van der Waals surface area contributed by atoms with Crippen molar-refractivity contribution >= 4 is 19.8 Å². The Morgan fingerprint density at radius 1 is 0.419 bits per heavy atom. The molecule has 0 bridgehead atoms. The fraction of sp³-hybridized carbons (Fsp3) is 0.562. The second-order valence-corrected chi connectivity index (χ2v) is 20.7. The average molecular weight is 1050 g/mol. The van der Waals surface area contributed by atoms with Crippen LogP contribution >= 0.6 is 7.82 Å². The van der Waals surface area contributed by atoms with Gasteiger partial charge in [0.05, 0.1) is 27.7 Å². The molecule has 10 heteroatoms. The van der Waals surface area contributed by atoms with Gasteiger partial charge >= 0.3 is 19.8 Å². The Labute approximate surface area is 452 Å². The van der Waals surface area contributed by atoms with Crippen LogP contribution in [0.3, 0.4) is 0 Å². The molecule has 0 aromatic carbocycles. The Morgan fingerprint density at radius 2 is 0.757 bits per heavy atom. The number of phosphoric ester groups is 1. The largest absolute Gasteiger partial charge is 0.472 e. The maximum Gasteiger partial charge on any atom is 0.472 e. The van der Waals surface area contributed by atoms with E-state index in [-0.39, 0.29) is 26.1 Å². The molecule has 2 atom stereocenters. The van der Waals surface area contributed by atoms with Crippen LogP contribution in [0.2, 0.25) is 0 Å². The Bertz CT molecular complexity index is 1800. The molecule has 74 heavy (non-hydrogen) atoms. The molecule has 0 aromatic rings. The number of esters is 2. The van der Waals surface area contributed by atoms with E-state index in [1.165, 1.54) is 32.1 Å². The topological polar surface area (TPSA) is 108 Å². The summed E-state index contributed by atoms with van der Waals surface area (Å²) in [6.45, 7) is 4.08. The lowest BCUT2D eigenvalue weighted by atomic mass is 10.1. The summed E-state index contributed by atoms with van der Waals surface area (Å²) in [5.74, 6) is -0.917. The lowest BCUT2D eigenvalue weighted by Crippen LogP contribution is -2.37. The molecule has 0 aliphatic carbocycles. The van der Waals surface area contributed by atoms with Crippen LogP contribution in [0.25, 0.3) is 0 Å². The predicted octanol–water partition coefficient (Wildman–Crippen LogP) is 17.7. The Hall–Kier alpha value is -4.37. The second-order valence-electron chi connectivity index (χ2n) is 19.2. The van der Waals surface area contributed by atoms with Gasteiger partial charge in [-0.25, -0.2) is 4.57 Å². The molecule has 9 nitrogen and oxygen atoms in total. The lowest BCUT2D eigenvalue weighted by molar-refractivity contribution is -0.870. The van der Waals surface area contributed by atoms with Crippen LogP contribution in [-0.4, -0.2) is 74.9 Å². The van der Waals surface area contributed by atoms with Gasteiger partial charge < -0.3 is 18.9 Å². The van der Waals surface area contributed by atoms with E-state index in [0.29, 0.717) is 23.9 Å². The molecule has 0 heterocycles. The van der Waals surface area contributed by atoms with Gasteiger partial charge in [0.1, 0.15) is 19.8 Å². The van der Waals surface area contributed by atoms with Crippen LogP contribution in [0.1, 0.15) is 181 Å². The third-order valence-corrected chi connectivity index (χ3v) is 12.1. The smallest absolute Gasteiger partial charge is 0.462 e. The highest BCUT2D eigenvalue weighted by Gasteiger charge is 2.27. The minimum atomic E-state index is -4.42. The first-order valence-corrected chi connectivity index (χ1v) is 29.7. The fourth-order valence-corrected chi connectivity index (χ4v) is 7.53. The predicted molar refractivity (Wildman–Crippen MR) is 316 cm³/mol. The van der Waals surface area contributed by atoms with E-state index in [0.717, 1.165) is 109 Å². The molecular formula is C64H103NO8P+. The Morgan fingerprint density at radius 3 is 1.14 bits per heavy atom. The van der Waals surface area contributed by atoms with Gasteiger partial charge in [0, 0.05) is 12.8 Å². The third kappa shape index (κ3) is 56.9. The third-order valence-electron chi connectivity index (χ3n) is 11.1. The monoisotopic (exact) mass is 1040 g/mol. The van der Waals surface area contributed by atoms with Crippen molar-refractivity contribution in [3.63, 3.8) is 0 Å². The van der Waals surface area contributed by atoms with Gasteiger partial charge in [-0.2, -0.15) is 0 Å². The van der Waals surface area contributed by atoms with Crippen molar-refractivity contribution in [2.75, 3.05) is 47.5 Å². The summed E-state index contributed by atoms with van der Waals surface area (Å²) in [6, 6.07) is 0. The Balaban J connectivity index is 4.31. The van der Waals surface area contributed by atoms with Gasteiger partial charge in [0.25, 0.3) is 0 Å². The number of hydrogen-bond donors (Lipinski definition) is 1. The van der Waals surface area contributed by atoms with Crippen molar-refractivity contribution in [3.05, 3.63) is 158 Å². The molecule has 0 fully saturated rings. The van der Waals surface area contributed by atoms with E-state index in [2.05, 4.69) is 160 Å². The van der Waals surface area contributed by atoms with Crippen LogP contribution in [-0.2, 0) is 32.7 Å². The number of phosphoric acid groups is 1. The number of rotatable bonds is 49. The molecule has 0 rings (SSSR count). The van der Waals surface area contributed by atoms with E-state index < -0.39 is 32.5 Å². The summed E-state index contributed by atoms with van der Waals surface area (Å²) in [5.41, 5.74) is 0. The van der Waals surface area contributed by atoms with Crippen LogP contribution in [0.5, 0.6) is 0 Å². The van der Waals surface area contributed by atoms with Crippen molar-refractivity contribution in [2.45, 2.75) is 187 Å². The van der Waals surface area contributed by atoms with Crippen LogP contribution in [0.4, 0.5) is 0 Å². The van der Waals surface area contributed by atoms with Crippen molar-refractivity contribution in [3.8, 4) is 0 Å². The number of carbonyl (C=O) groups excluding carboxylic acids is 2. The molecule has 416 valence electrons. The minimum Gasteiger partial charge on any atom is -0.462 e. The Kier molecular flexibility index (Phi) is 50.3. The summed E-state index contributed by atoms with van der Waals surface area (Å²) >= 11 is 0. The van der Waals surface area contributed by atoms with E-state index in [1.807, 2.05) is 33.3 Å². The quantitative estimate of drug-likeness (QED) is 0.0211. The number of ether oxygens (including phenoxy) is 2. The zero-order chi connectivity index (χ0) is 54.2. The number of likely N-dealkylation sites (N-methyl/N-ethyl adjacent to an activating group) is 1. The van der Waals surface area contributed by atoms with Crippen LogP contribution in [0, 0.1) is 0 Å². The molecule has 0 radical (unpaired) electrons. The summed E-state index contributed by atoms with van der Waals surface area (Å²) in [5, 5.41) is 0. The molecule has 0 saturated carbocycles. The summed E-state index contributed by atoms with van der Waals surface area (Å²) in [6.07, 6.45) is 80.4. The highest BCUT2D eigenvalue weighted by molar-refractivity contribution is 7.47. The molecule has 0 spiro atoms. The first kappa shape index (κ1) is 69.6. The van der Waals surface area contributed by atoms with Gasteiger partial charge in [0.15, 0.2) is 6.10 Å². The maximum atomic E-state index is 12.8. The second kappa shape index (κ2) is 53.5. The average Bonchev–Trinajstić information content (AvgIpc) is 3.36. The first-order valence-electron chi connectivity index (χ1n) is 28.2. The summed E-state index contributed by atoms with van der Waals surface area (Å²) < 4.78 is 34.4. The molecular weight excluding hydrogens is 942 g/mol. The minimum absolute atomic E-state index is 0.00968. The number of nitrogens with zero attached hydrogens (tertiary/aromatic N) is 1. The van der Waals surface area contributed by atoms with Gasteiger partial charge in [-0.3, -0.25) is 18.6 Å². The highest BCUT2D eigenvalue weighted by atomic mass is 31.2. The number of unbranched alkanes of at least 4 members (excludes halogenated alkanes) is 9.